The van der Waals surface area contributed by atoms with Crippen molar-refractivity contribution < 1.29 is 105 Å². The summed E-state index contributed by atoms with van der Waals surface area (Å²) in [6.45, 7) is -2.84. The van der Waals surface area contributed by atoms with E-state index in [0.29, 0.717) is 25.8 Å². The average molecular weight is 754 g/mol. The number of aliphatic hydroxyl groups excluding tert-OH is 15. The summed E-state index contributed by atoms with van der Waals surface area (Å²) in [6.07, 6.45) is -31.3. The quantitative estimate of drug-likeness (QED) is 0.0262. The van der Waals surface area contributed by atoms with E-state index in [2.05, 4.69) is 0 Å². The van der Waals surface area contributed by atoms with Gasteiger partial charge in [0.15, 0.2) is 24.1 Å². The number of hydrogen-bond acceptors (Lipinski definition) is 22. The highest BCUT2D eigenvalue weighted by molar-refractivity contribution is 5.09. The lowest BCUT2D eigenvalue weighted by molar-refractivity contribution is -0.360. The maximum Gasteiger partial charge on any atom is 0.229 e. The fraction of sp³-hybridized carbons (Fsp3) is 0.931. The highest BCUT2D eigenvalue weighted by atomic mass is 16.7. The summed E-state index contributed by atoms with van der Waals surface area (Å²) < 4.78 is 32.2. The van der Waals surface area contributed by atoms with E-state index in [1.54, 1.807) is 0 Å². The largest absolute Gasteiger partial charge is 0.506 e. The predicted octanol–water partition coefficient (Wildman–Crippen LogP) is -7.59. The van der Waals surface area contributed by atoms with Gasteiger partial charge in [-0.2, -0.15) is 0 Å². The summed E-state index contributed by atoms with van der Waals surface area (Å²) in [5, 5.41) is 155. The Morgan fingerprint density at radius 1 is 0.686 bits per heavy atom. The van der Waals surface area contributed by atoms with Crippen molar-refractivity contribution in [2.45, 2.75) is 131 Å². The second kappa shape index (κ2) is 22.7. The molecule has 0 aromatic rings. The Balaban J connectivity index is 2.40. The third kappa shape index (κ3) is 12.5. The molecule has 0 spiro atoms. The van der Waals surface area contributed by atoms with Gasteiger partial charge in [-0.3, -0.25) is 0 Å². The van der Waals surface area contributed by atoms with E-state index in [9.17, 15) is 76.6 Å². The number of ether oxygens (including phenoxy) is 6. The lowest BCUT2D eigenvalue weighted by Gasteiger charge is -2.45. The number of rotatable bonds is 23. The minimum Gasteiger partial charge on any atom is -0.506 e. The van der Waals surface area contributed by atoms with Crippen LogP contribution in [0.5, 0.6) is 0 Å². The topological polar surface area (TPSA) is 385 Å². The summed E-state index contributed by atoms with van der Waals surface area (Å²) in [6, 6.07) is 0. The van der Waals surface area contributed by atoms with Gasteiger partial charge in [-0.25, -0.2) is 0 Å². The lowest BCUT2D eigenvalue weighted by atomic mass is 9.98. The zero-order valence-electron chi connectivity index (χ0n) is 27.8. The molecule has 2 aliphatic heterocycles. The third-order valence-corrected chi connectivity index (χ3v) is 8.26. The van der Waals surface area contributed by atoms with Crippen LogP contribution in [0.4, 0.5) is 0 Å². The summed E-state index contributed by atoms with van der Waals surface area (Å²) in [7, 11) is 0. The molecule has 17 N–H and O–H groups in total. The molecule has 0 aromatic carbocycles. The Morgan fingerprint density at radius 3 is 1.88 bits per heavy atom. The second-order valence-electron chi connectivity index (χ2n) is 12.0. The smallest absolute Gasteiger partial charge is 0.229 e. The highest BCUT2D eigenvalue weighted by Crippen LogP contribution is 2.31. The molecule has 2 saturated heterocycles. The Kier molecular flexibility index (Phi) is 20.3. The minimum atomic E-state index is -2.51. The third-order valence-electron chi connectivity index (χ3n) is 8.26. The van der Waals surface area contributed by atoms with E-state index in [1.807, 2.05) is 0 Å². The van der Waals surface area contributed by atoms with Crippen molar-refractivity contribution in [3.05, 3.63) is 11.5 Å². The molecule has 2 rings (SSSR count). The van der Waals surface area contributed by atoms with Crippen LogP contribution in [0, 0.1) is 0 Å². The van der Waals surface area contributed by atoms with Gasteiger partial charge in [-0.05, 0) is 32.2 Å². The summed E-state index contributed by atoms with van der Waals surface area (Å²) in [5.74, 6) is -1.95. The van der Waals surface area contributed by atoms with Crippen LogP contribution in [0.1, 0.15) is 32.1 Å². The van der Waals surface area contributed by atoms with Gasteiger partial charge in [0.2, 0.25) is 12.6 Å². The van der Waals surface area contributed by atoms with E-state index in [1.165, 1.54) is 0 Å². The molecule has 11 unspecified atom stereocenters. The number of nitrogens with two attached hydrogens (primary N) is 1. The first kappa shape index (κ1) is 45.7. The van der Waals surface area contributed by atoms with E-state index in [0.717, 1.165) is 0 Å². The summed E-state index contributed by atoms with van der Waals surface area (Å²) in [4.78, 5) is 0. The fourth-order valence-corrected chi connectivity index (χ4v) is 5.21. The molecule has 0 radical (unpaired) electrons. The van der Waals surface area contributed by atoms with Crippen LogP contribution in [-0.2, 0) is 28.4 Å². The molecule has 0 aromatic heterocycles. The van der Waals surface area contributed by atoms with Crippen molar-refractivity contribution in [3.8, 4) is 0 Å². The zero-order chi connectivity index (χ0) is 38.4. The van der Waals surface area contributed by atoms with Crippen LogP contribution < -0.4 is 5.73 Å². The van der Waals surface area contributed by atoms with Crippen LogP contribution in [0.2, 0.25) is 0 Å². The molecule has 0 amide bonds. The molecular weight excluding hydrogens is 698 g/mol. The molecule has 22 nitrogen and oxygen atoms in total. The molecule has 0 aliphatic carbocycles. The van der Waals surface area contributed by atoms with Gasteiger partial charge in [0, 0.05) is 19.6 Å². The zero-order valence-corrected chi connectivity index (χ0v) is 27.8. The minimum absolute atomic E-state index is 0.0956. The van der Waals surface area contributed by atoms with Crippen molar-refractivity contribution in [1.82, 2.24) is 0 Å². The van der Waals surface area contributed by atoms with Crippen molar-refractivity contribution in [2.24, 2.45) is 5.73 Å². The normalized spacial score (nSPS) is 34.3. The Morgan fingerprint density at radius 2 is 1.29 bits per heavy atom. The summed E-state index contributed by atoms with van der Waals surface area (Å²) in [5.41, 5.74) is 5.46. The molecule has 2 fully saturated rings. The first-order valence-electron chi connectivity index (χ1n) is 16.5. The Labute approximate surface area is 292 Å². The van der Waals surface area contributed by atoms with Crippen LogP contribution in [0.25, 0.3) is 0 Å². The highest BCUT2D eigenvalue weighted by Gasteiger charge is 2.51. The Bertz CT molecular complexity index is 996. The van der Waals surface area contributed by atoms with Crippen LogP contribution in [-0.4, -0.2) is 215 Å². The standard InChI is InChI=1S/C29H55NO21/c30-6-2-1-3-9-46-26(44)24(16(37)12(35)4-7-31)50-29-22(43)23(19(40)15(11-34)48-29)49-27(45)25(17(38)13(36)5-8-32)51-28-21(42)20(41)18(39)14(10-33)47-28/h12-15,17-23,25-29,31-45H,1-11,30H2/b24-16-/t12?,13?,14?,15?,17-,18+,19+,20?,21?,22?,23?,25?,26?,27?,28+,29+/m0/s1. The average Bonchev–Trinajstić information content (AvgIpc) is 3.11. The number of unbranched alkanes of at least 4 members (excludes halogenated alkanes) is 2. The lowest BCUT2D eigenvalue weighted by Crippen LogP contribution is -2.63. The van der Waals surface area contributed by atoms with Crippen molar-refractivity contribution in [2.75, 3.05) is 39.6 Å². The predicted molar refractivity (Wildman–Crippen MR) is 164 cm³/mol. The van der Waals surface area contributed by atoms with E-state index < -0.39 is 149 Å². The van der Waals surface area contributed by atoms with Gasteiger partial charge in [-0.15, -0.1) is 0 Å². The fourth-order valence-electron chi connectivity index (χ4n) is 5.21. The second-order valence-corrected chi connectivity index (χ2v) is 12.0. The van der Waals surface area contributed by atoms with E-state index >= 15 is 0 Å². The summed E-state index contributed by atoms with van der Waals surface area (Å²) >= 11 is 0. The number of hydrogen-bond donors (Lipinski definition) is 16. The number of aliphatic hydroxyl groups is 15. The van der Waals surface area contributed by atoms with Gasteiger partial charge >= 0.3 is 0 Å². The molecule has 22 heteroatoms. The maximum absolute atomic E-state index is 11.2. The molecule has 0 bridgehead atoms. The Hall–Kier alpha value is -1.46. The SMILES string of the molecule is NCCCCCOC(O)/C(O[C@H]1OC(CO)[C@@H](O)C(OC(O)C(O[C@H]2OC(CO)[C@@H](O)C(O)C2O)[C@@H](O)C(O)CCO)C1O)=C(/O)C(O)CCO. The first-order chi connectivity index (χ1) is 24.2. The van der Waals surface area contributed by atoms with E-state index in [4.69, 9.17) is 34.2 Å². The van der Waals surface area contributed by atoms with Gasteiger partial charge < -0.3 is 111 Å². The monoisotopic (exact) mass is 753 g/mol. The van der Waals surface area contributed by atoms with Crippen LogP contribution >= 0.6 is 0 Å². The molecule has 302 valence electrons. The molecule has 2 aliphatic rings. The first-order valence-corrected chi connectivity index (χ1v) is 16.5. The van der Waals surface area contributed by atoms with Crippen molar-refractivity contribution in [1.29, 1.82) is 0 Å². The van der Waals surface area contributed by atoms with Crippen molar-refractivity contribution in [3.63, 3.8) is 0 Å². The van der Waals surface area contributed by atoms with E-state index in [-0.39, 0.29) is 6.61 Å². The van der Waals surface area contributed by atoms with Gasteiger partial charge in [0.25, 0.3) is 0 Å². The molecule has 0 saturated carbocycles. The molecule has 16 atom stereocenters. The van der Waals surface area contributed by atoms with Crippen LogP contribution in [0.15, 0.2) is 11.5 Å². The molecular formula is C29H55NO21. The van der Waals surface area contributed by atoms with Crippen LogP contribution in [0.3, 0.4) is 0 Å². The molecule has 2 heterocycles. The van der Waals surface area contributed by atoms with Gasteiger partial charge in [-0.1, -0.05) is 0 Å². The molecule has 51 heavy (non-hydrogen) atoms. The van der Waals surface area contributed by atoms with Gasteiger partial charge in [0.05, 0.1) is 25.9 Å². The maximum atomic E-state index is 11.2. The van der Waals surface area contributed by atoms with Gasteiger partial charge in [0.1, 0.15) is 67.1 Å². The van der Waals surface area contributed by atoms with Crippen molar-refractivity contribution >= 4 is 0 Å².